The summed E-state index contributed by atoms with van der Waals surface area (Å²) in [4.78, 5) is 15.9. The Morgan fingerprint density at radius 2 is 1.96 bits per heavy atom. The lowest BCUT2D eigenvalue weighted by Crippen LogP contribution is -2.20. The van der Waals surface area contributed by atoms with Crippen LogP contribution in [0.4, 0.5) is 8.78 Å². The van der Waals surface area contributed by atoms with Gasteiger partial charge in [-0.3, -0.25) is 4.79 Å². The first-order valence-electron chi connectivity index (χ1n) is 8.02. The zero-order valence-corrected chi connectivity index (χ0v) is 14.1. The first-order chi connectivity index (χ1) is 12.5. The second kappa shape index (κ2) is 7.74. The molecule has 132 valence electrons. The summed E-state index contributed by atoms with van der Waals surface area (Å²) in [7, 11) is 0. The molecule has 4 nitrogen and oxygen atoms in total. The number of amides is 1. The van der Waals surface area contributed by atoms with Crippen LogP contribution in [0.25, 0.3) is 11.3 Å². The van der Waals surface area contributed by atoms with E-state index in [1.165, 1.54) is 30.6 Å². The molecule has 3 rings (SSSR count). The van der Waals surface area contributed by atoms with Crippen LogP contribution in [0, 0.1) is 11.6 Å². The molecule has 0 unspecified atom stereocenters. The third-order valence-electron chi connectivity index (χ3n) is 3.91. The van der Waals surface area contributed by atoms with E-state index in [-0.39, 0.29) is 18.3 Å². The number of aromatic nitrogens is 2. The van der Waals surface area contributed by atoms with Gasteiger partial charge in [0.2, 0.25) is 5.91 Å². The van der Waals surface area contributed by atoms with Crippen molar-refractivity contribution in [1.29, 1.82) is 0 Å². The highest BCUT2D eigenvalue weighted by Gasteiger charge is 2.06. The number of rotatable bonds is 5. The van der Waals surface area contributed by atoms with Gasteiger partial charge in [-0.15, -0.1) is 0 Å². The lowest BCUT2D eigenvalue weighted by Gasteiger charge is -2.08. The number of nitrogens with one attached hydrogen (secondary N) is 1. The van der Waals surface area contributed by atoms with Crippen molar-refractivity contribution in [3.8, 4) is 5.69 Å². The summed E-state index contributed by atoms with van der Waals surface area (Å²) in [6, 6.07) is 10.7. The Hall–Kier alpha value is -3.28. The fourth-order valence-corrected chi connectivity index (χ4v) is 2.50. The van der Waals surface area contributed by atoms with Crippen LogP contribution < -0.4 is 5.32 Å². The van der Waals surface area contributed by atoms with Gasteiger partial charge in [-0.05, 0) is 47.9 Å². The molecule has 0 aliphatic carbocycles. The Morgan fingerprint density at radius 1 is 1.19 bits per heavy atom. The number of halogens is 2. The Labute approximate surface area is 149 Å². The smallest absolute Gasteiger partial charge is 0.244 e. The largest absolute Gasteiger partial charge is 0.348 e. The van der Waals surface area contributed by atoms with E-state index < -0.39 is 5.82 Å². The van der Waals surface area contributed by atoms with Gasteiger partial charge in [0.25, 0.3) is 0 Å². The summed E-state index contributed by atoms with van der Waals surface area (Å²) < 4.78 is 28.7. The zero-order chi connectivity index (χ0) is 18.5. The van der Waals surface area contributed by atoms with Gasteiger partial charge in [-0.2, -0.15) is 0 Å². The summed E-state index contributed by atoms with van der Waals surface area (Å²) in [6.07, 6.45) is 6.18. The number of hydrogen-bond acceptors (Lipinski definition) is 2. The molecule has 0 radical (unpaired) electrons. The summed E-state index contributed by atoms with van der Waals surface area (Å²) in [6.45, 7) is 1.97. The van der Waals surface area contributed by atoms with Gasteiger partial charge in [-0.1, -0.05) is 18.2 Å². The van der Waals surface area contributed by atoms with Gasteiger partial charge in [0.05, 0.1) is 12.0 Å². The van der Waals surface area contributed by atoms with Crippen molar-refractivity contribution in [2.75, 3.05) is 0 Å². The maximum absolute atomic E-state index is 14.2. The number of carbonyl (C=O) groups excluding carboxylic acids is 1. The monoisotopic (exact) mass is 353 g/mol. The molecule has 0 aliphatic rings. The summed E-state index contributed by atoms with van der Waals surface area (Å²) in [5.74, 6) is -1.02. The van der Waals surface area contributed by atoms with E-state index >= 15 is 0 Å². The van der Waals surface area contributed by atoms with Crippen LogP contribution in [-0.2, 0) is 11.3 Å². The van der Waals surface area contributed by atoms with E-state index in [0.29, 0.717) is 16.8 Å². The average Bonchev–Trinajstić information content (AvgIpc) is 3.15. The molecule has 2 aromatic carbocycles. The highest BCUT2D eigenvalue weighted by atomic mass is 19.1. The van der Waals surface area contributed by atoms with Crippen molar-refractivity contribution in [3.63, 3.8) is 0 Å². The van der Waals surface area contributed by atoms with Crippen molar-refractivity contribution >= 4 is 11.5 Å². The number of imidazole rings is 1. The van der Waals surface area contributed by atoms with Crippen LogP contribution in [-0.4, -0.2) is 15.5 Å². The van der Waals surface area contributed by atoms with E-state index in [4.69, 9.17) is 0 Å². The van der Waals surface area contributed by atoms with Crippen LogP contribution in [0.3, 0.4) is 0 Å². The van der Waals surface area contributed by atoms with Crippen LogP contribution in [0.2, 0.25) is 0 Å². The molecular weight excluding hydrogens is 336 g/mol. The van der Waals surface area contributed by atoms with Crippen LogP contribution >= 0.6 is 0 Å². The Morgan fingerprint density at radius 3 is 2.62 bits per heavy atom. The van der Waals surface area contributed by atoms with Crippen molar-refractivity contribution in [2.24, 2.45) is 0 Å². The molecule has 6 heteroatoms. The zero-order valence-electron chi connectivity index (χ0n) is 14.1. The molecule has 3 aromatic rings. The third-order valence-corrected chi connectivity index (χ3v) is 3.91. The highest BCUT2D eigenvalue weighted by molar-refractivity contribution is 5.94. The molecule has 0 bridgehead atoms. The van der Waals surface area contributed by atoms with Crippen LogP contribution in [0.5, 0.6) is 0 Å². The fourth-order valence-electron chi connectivity index (χ4n) is 2.50. The molecule has 0 saturated heterocycles. The van der Waals surface area contributed by atoms with Crippen molar-refractivity contribution in [1.82, 2.24) is 14.9 Å². The normalized spacial score (nSPS) is 11.4. The molecule has 0 aliphatic heterocycles. The van der Waals surface area contributed by atoms with E-state index in [1.54, 1.807) is 48.1 Å². The SMILES string of the molecule is C/C(=C/C(=O)NCc1ccc(-n2ccnc2)c(F)c1)c1ccc(F)cc1. The first kappa shape index (κ1) is 17.5. The maximum atomic E-state index is 14.2. The molecule has 1 amide bonds. The van der Waals surface area contributed by atoms with E-state index in [1.807, 2.05) is 0 Å². The molecule has 1 N–H and O–H groups in total. The average molecular weight is 353 g/mol. The molecule has 0 fully saturated rings. The minimum Gasteiger partial charge on any atom is -0.348 e. The number of allylic oxidation sites excluding steroid dienone is 1. The predicted molar refractivity (Wildman–Crippen MR) is 95.4 cm³/mol. The van der Waals surface area contributed by atoms with Gasteiger partial charge in [-0.25, -0.2) is 13.8 Å². The van der Waals surface area contributed by atoms with E-state index in [9.17, 15) is 13.6 Å². The second-order valence-corrected chi connectivity index (χ2v) is 5.81. The summed E-state index contributed by atoms with van der Waals surface area (Å²) >= 11 is 0. The van der Waals surface area contributed by atoms with E-state index in [0.717, 1.165) is 5.56 Å². The maximum Gasteiger partial charge on any atom is 0.244 e. The molecule has 1 heterocycles. The Balaban J connectivity index is 1.63. The van der Waals surface area contributed by atoms with Crippen molar-refractivity contribution in [3.05, 3.63) is 90.0 Å². The van der Waals surface area contributed by atoms with Crippen molar-refractivity contribution in [2.45, 2.75) is 13.5 Å². The fraction of sp³-hybridized carbons (Fsp3) is 0.100. The first-order valence-corrected chi connectivity index (χ1v) is 8.02. The molecule has 26 heavy (non-hydrogen) atoms. The minimum absolute atomic E-state index is 0.202. The quantitative estimate of drug-likeness (QED) is 0.708. The topological polar surface area (TPSA) is 46.9 Å². The van der Waals surface area contributed by atoms with Gasteiger partial charge in [0, 0.05) is 25.0 Å². The number of benzene rings is 2. The highest BCUT2D eigenvalue weighted by Crippen LogP contribution is 2.16. The van der Waals surface area contributed by atoms with Gasteiger partial charge in [0.1, 0.15) is 11.6 Å². The Bertz CT molecular complexity index is 932. The van der Waals surface area contributed by atoms with E-state index in [2.05, 4.69) is 10.3 Å². The molecule has 0 atom stereocenters. The minimum atomic E-state index is -0.396. The van der Waals surface area contributed by atoms with Crippen molar-refractivity contribution < 1.29 is 13.6 Å². The molecule has 0 spiro atoms. The number of nitrogens with zero attached hydrogens (tertiary/aromatic N) is 2. The van der Waals surface area contributed by atoms with Gasteiger partial charge >= 0.3 is 0 Å². The molecule has 1 aromatic heterocycles. The Kier molecular flexibility index (Phi) is 5.22. The van der Waals surface area contributed by atoms with Crippen LogP contribution in [0.15, 0.2) is 67.3 Å². The summed E-state index contributed by atoms with van der Waals surface area (Å²) in [5, 5.41) is 2.72. The number of carbonyl (C=O) groups is 1. The van der Waals surface area contributed by atoms with Gasteiger partial charge in [0.15, 0.2) is 0 Å². The lowest BCUT2D eigenvalue weighted by atomic mass is 10.1. The van der Waals surface area contributed by atoms with Crippen LogP contribution in [0.1, 0.15) is 18.1 Å². The second-order valence-electron chi connectivity index (χ2n) is 5.81. The standard InChI is InChI=1S/C20H17F2N3O/c1-14(16-3-5-17(21)6-4-16)10-20(26)24-12-15-2-7-19(18(22)11-15)25-9-8-23-13-25/h2-11,13H,12H2,1H3,(H,24,26)/b14-10-. The molecule has 0 saturated carbocycles. The lowest BCUT2D eigenvalue weighted by molar-refractivity contribution is -0.116. The summed E-state index contributed by atoms with van der Waals surface area (Å²) in [5.41, 5.74) is 2.51. The predicted octanol–water partition coefficient (Wildman–Crippen LogP) is 3.87. The third kappa shape index (κ3) is 4.22. The van der Waals surface area contributed by atoms with Gasteiger partial charge < -0.3 is 9.88 Å². The number of hydrogen-bond donors (Lipinski definition) is 1. The molecular formula is C20H17F2N3O.